The molecule has 0 aromatic heterocycles. The molecule has 1 unspecified atom stereocenters. The summed E-state index contributed by atoms with van der Waals surface area (Å²) in [5.74, 6) is 2.81. The van der Waals surface area contributed by atoms with Crippen LogP contribution in [0.25, 0.3) is 0 Å². The van der Waals surface area contributed by atoms with Gasteiger partial charge in [-0.25, -0.2) is 0 Å². The van der Waals surface area contributed by atoms with Crippen LogP contribution in [-0.2, 0) is 31.0 Å². The van der Waals surface area contributed by atoms with Crippen molar-refractivity contribution in [1.82, 2.24) is 0 Å². The van der Waals surface area contributed by atoms with E-state index >= 15 is 0 Å². The zero-order valence-corrected chi connectivity index (χ0v) is 21.1. The second-order valence-electron chi connectivity index (χ2n) is 8.51. The van der Waals surface area contributed by atoms with E-state index in [2.05, 4.69) is 0 Å². The Balaban J connectivity index is 1.43. The van der Waals surface area contributed by atoms with Crippen molar-refractivity contribution in [2.45, 2.75) is 32.5 Å². The Hall–Kier alpha value is -4.00. The molecule has 0 bridgehead atoms. The van der Waals surface area contributed by atoms with Crippen molar-refractivity contribution >= 4 is 0 Å². The number of rotatable bonds is 13. The van der Waals surface area contributed by atoms with Gasteiger partial charge in [0.05, 0.1) is 20.8 Å². The first-order valence-electron chi connectivity index (χ1n) is 12.1. The first kappa shape index (κ1) is 26.1. The Morgan fingerprint density at radius 2 is 1.11 bits per heavy atom. The molecule has 4 aromatic rings. The van der Waals surface area contributed by atoms with E-state index < -0.39 is 6.29 Å². The van der Waals surface area contributed by atoms with Gasteiger partial charge in [0.1, 0.15) is 24.7 Å². The maximum Gasteiger partial charge on any atom is 0.162 e. The fourth-order valence-electron chi connectivity index (χ4n) is 3.71. The molecule has 6 heteroatoms. The Morgan fingerprint density at radius 1 is 0.568 bits per heavy atom. The zero-order valence-electron chi connectivity index (χ0n) is 21.1. The molecular formula is C31H32O6. The summed E-state index contributed by atoms with van der Waals surface area (Å²) in [6, 6.07) is 30.9. The normalized spacial score (nSPS) is 11.5. The van der Waals surface area contributed by atoms with Gasteiger partial charge in [0, 0.05) is 6.42 Å². The minimum absolute atomic E-state index is 0.242. The molecule has 0 fully saturated rings. The van der Waals surface area contributed by atoms with E-state index in [0.717, 1.165) is 33.8 Å². The van der Waals surface area contributed by atoms with E-state index in [0.29, 0.717) is 31.1 Å². The summed E-state index contributed by atoms with van der Waals surface area (Å²) in [4.78, 5) is 0. The van der Waals surface area contributed by atoms with Crippen molar-refractivity contribution in [2.24, 2.45) is 0 Å². The highest BCUT2D eigenvalue weighted by Crippen LogP contribution is 2.31. The average molecular weight is 501 g/mol. The molecule has 0 aliphatic heterocycles. The molecule has 4 rings (SSSR count). The van der Waals surface area contributed by atoms with E-state index in [1.54, 1.807) is 14.2 Å². The van der Waals surface area contributed by atoms with Crippen molar-refractivity contribution < 1.29 is 28.8 Å². The van der Waals surface area contributed by atoms with Gasteiger partial charge in [0.15, 0.2) is 17.8 Å². The van der Waals surface area contributed by atoms with Gasteiger partial charge < -0.3 is 28.8 Å². The summed E-state index contributed by atoms with van der Waals surface area (Å²) in [7, 11) is 3.28. The first-order valence-corrected chi connectivity index (χ1v) is 12.1. The second-order valence-corrected chi connectivity index (χ2v) is 8.51. The minimum atomic E-state index is -0.905. The molecule has 6 nitrogen and oxygen atoms in total. The van der Waals surface area contributed by atoms with Gasteiger partial charge in [0.2, 0.25) is 0 Å². The van der Waals surface area contributed by atoms with Gasteiger partial charge >= 0.3 is 0 Å². The number of benzene rings is 4. The van der Waals surface area contributed by atoms with Crippen LogP contribution in [0.2, 0.25) is 0 Å². The largest absolute Gasteiger partial charge is 0.497 e. The fourth-order valence-corrected chi connectivity index (χ4v) is 3.71. The lowest BCUT2D eigenvalue weighted by Gasteiger charge is -2.16. The molecule has 0 amide bonds. The molecule has 0 saturated carbocycles. The third kappa shape index (κ3) is 8.00. The molecule has 0 spiro atoms. The Bertz CT molecular complexity index is 1220. The van der Waals surface area contributed by atoms with Gasteiger partial charge in [-0.05, 0) is 58.7 Å². The monoisotopic (exact) mass is 500 g/mol. The van der Waals surface area contributed by atoms with Crippen molar-refractivity contribution in [2.75, 3.05) is 14.2 Å². The Morgan fingerprint density at radius 3 is 1.68 bits per heavy atom. The van der Waals surface area contributed by atoms with Crippen molar-refractivity contribution in [3.05, 3.63) is 119 Å². The number of aliphatic hydroxyl groups is 1. The molecule has 37 heavy (non-hydrogen) atoms. The van der Waals surface area contributed by atoms with E-state index in [9.17, 15) is 5.11 Å². The van der Waals surface area contributed by atoms with Crippen molar-refractivity contribution in [3.63, 3.8) is 0 Å². The van der Waals surface area contributed by atoms with Crippen LogP contribution >= 0.6 is 0 Å². The fraction of sp³-hybridized carbons (Fsp3) is 0.226. The smallest absolute Gasteiger partial charge is 0.162 e. The van der Waals surface area contributed by atoms with Crippen LogP contribution < -0.4 is 18.9 Å². The van der Waals surface area contributed by atoms with E-state index in [1.165, 1.54) is 0 Å². The minimum Gasteiger partial charge on any atom is -0.497 e. The average Bonchev–Trinajstić information content (AvgIpc) is 2.95. The predicted molar refractivity (Wildman–Crippen MR) is 142 cm³/mol. The molecule has 1 N–H and O–H groups in total. The van der Waals surface area contributed by atoms with E-state index in [4.69, 9.17) is 23.7 Å². The van der Waals surface area contributed by atoms with Crippen LogP contribution in [0.3, 0.4) is 0 Å². The van der Waals surface area contributed by atoms with Gasteiger partial charge in [0.25, 0.3) is 0 Å². The lowest BCUT2D eigenvalue weighted by Crippen LogP contribution is -2.15. The van der Waals surface area contributed by atoms with E-state index in [1.807, 2.05) is 97.1 Å². The summed E-state index contributed by atoms with van der Waals surface area (Å²) < 4.78 is 28.4. The number of aliphatic hydroxyl groups excluding tert-OH is 1. The molecule has 4 aromatic carbocycles. The highest BCUT2D eigenvalue weighted by molar-refractivity contribution is 5.43. The molecule has 0 heterocycles. The number of hydrogen-bond donors (Lipinski definition) is 1. The van der Waals surface area contributed by atoms with Gasteiger partial charge in [-0.15, -0.1) is 0 Å². The molecule has 0 saturated heterocycles. The molecule has 0 radical (unpaired) electrons. The molecule has 192 valence electrons. The van der Waals surface area contributed by atoms with Crippen LogP contribution in [0.1, 0.15) is 22.3 Å². The second kappa shape index (κ2) is 13.3. The van der Waals surface area contributed by atoms with Crippen LogP contribution in [0.4, 0.5) is 0 Å². The van der Waals surface area contributed by atoms with Crippen LogP contribution in [0.15, 0.2) is 97.1 Å². The predicted octanol–water partition coefficient (Wildman–Crippen LogP) is 5.94. The van der Waals surface area contributed by atoms with Crippen LogP contribution in [-0.4, -0.2) is 25.6 Å². The van der Waals surface area contributed by atoms with E-state index in [-0.39, 0.29) is 6.61 Å². The SMILES string of the molecule is COc1ccc(COc2ccc(COC(O)Cc3ccccc3)cc2OCc2ccc(OC)cc2)cc1. The standard InChI is InChI=1S/C31H32O6/c1-33-27-13-8-24(9-14-27)20-35-29-17-12-26(22-37-31(32)19-23-6-4-3-5-7-23)18-30(29)36-21-25-10-15-28(34-2)16-11-25/h3-18,31-32H,19-22H2,1-2H3. The summed E-state index contributed by atoms with van der Waals surface area (Å²) in [5, 5.41) is 10.3. The molecule has 0 aliphatic carbocycles. The van der Waals surface area contributed by atoms with Gasteiger partial charge in [-0.1, -0.05) is 60.7 Å². The summed E-state index contributed by atoms with van der Waals surface area (Å²) in [5.41, 5.74) is 3.90. The van der Waals surface area contributed by atoms with Gasteiger partial charge in [-0.3, -0.25) is 0 Å². The number of ether oxygens (including phenoxy) is 5. The van der Waals surface area contributed by atoms with Gasteiger partial charge in [-0.2, -0.15) is 0 Å². The van der Waals surface area contributed by atoms with Crippen LogP contribution in [0.5, 0.6) is 23.0 Å². The third-order valence-corrected chi connectivity index (χ3v) is 5.81. The summed E-state index contributed by atoms with van der Waals surface area (Å²) in [6.07, 6.45) is -0.484. The lowest BCUT2D eigenvalue weighted by atomic mass is 10.1. The highest BCUT2D eigenvalue weighted by Gasteiger charge is 2.11. The quantitative estimate of drug-likeness (QED) is 0.229. The zero-order chi connectivity index (χ0) is 25.9. The third-order valence-electron chi connectivity index (χ3n) is 5.81. The molecular weight excluding hydrogens is 468 g/mol. The summed E-state index contributed by atoms with van der Waals surface area (Å²) >= 11 is 0. The number of methoxy groups -OCH3 is 2. The van der Waals surface area contributed by atoms with Crippen LogP contribution in [0, 0.1) is 0 Å². The number of hydrogen-bond acceptors (Lipinski definition) is 6. The topological polar surface area (TPSA) is 66.4 Å². The maximum absolute atomic E-state index is 10.3. The highest BCUT2D eigenvalue weighted by atomic mass is 16.6. The summed E-state index contributed by atoms with van der Waals surface area (Å²) in [6.45, 7) is 0.990. The molecule has 1 atom stereocenters. The lowest BCUT2D eigenvalue weighted by molar-refractivity contribution is -0.106. The first-order chi connectivity index (χ1) is 18.1. The maximum atomic E-state index is 10.3. The Labute approximate surface area is 218 Å². The van der Waals surface area contributed by atoms with Crippen molar-refractivity contribution in [1.29, 1.82) is 0 Å². The van der Waals surface area contributed by atoms with Crippen molar-refractivity contribution in [3.8, 4) is 23.0 Å². The molecule has 0 aliphatic rings. The Kier molecular flexibility index (Phi) is 9.41.